The molecule has 0 spiro atoms. The van der Waals surface area contributed by atoms with Gasteiger partial charge in [0.25, 0.3) is 0 Å². The number of ether oxygens (including phenoxy) is 1. The third-order valence-electron chi connectivity index (χ3n) is 2.62. The summed E-state index contributed by atoms with van der Waals surface area (Å²) in [6.45, 7) is 0.123. The lowest BCUT2D eigenvalue weighted by Gasteiger charge is -2.12. The molecule has 0 unspecified atom stereocenters. The third-order valence-corrected chi connectivity index (χ3v) is 4.73. The van der Waals surface area contributed by atoms with Gasteiger partial charge in [-0.3, -0.25) is 0 Å². The number of benzene rings is 1. The van der Waals surface area contributed by atoms with E-state index in [4.69, 9.17) is 14.9 Å². The van der Waals surface area contributed by atoms with Crippen LogP contribution in [0, 0.1) is 0 Å². The van der Waals surface area contributed by atoms with E-state index in [1.54, 1.807) is 6.07 Å². The van der Waals surface area contributed by atoms with Crippen molar-refractivity contribution in [1.29, 1.82) is 0 Å². The van der Waals surface area contributed by atoms with Crippen molar-refractivity contribution in [2.75, 3.05) is 12.8 Å². The molecule has 0 bridgehead atoms. The quantitative estimate of drug-likeness (QED) is 0.796. The lowest BCUT2D eigenvalue weighted by molar-refractivity contribution is 0.402. The second-order valence-corrected chi connectivity index (χ2v) is 6.57. The number of nitrogens with one attached hydrogen (secondary N) is 1. The van der Waals surface area contributed by atoms with Gasteiger partial charge in [-0.05, 0) is 34.1 Å². The average molecular weight is 361 g/mol. The number of nitrogen functional groups attached to an aromatic ring is 1. The van der Waals surface area contributed by atoms with Gasteiger partial charge in [0.2, 0.25) is 10.0 Å². The highest BCUT2D eigenvalue weighted by molar-refractivity contribution is 9.10. The molecule has 0 fully saturated rings. The number of hydrogen-bond acceptors (Lipinski definition) is 5. The van der Waals surface area contributed by atoms with Crippen molar-refractivity contribution in [2.24, 2.45) is 0 Å². The van der Waals surface area contributed by atoms with Crippen molar-refractivity contribution in [3.63, 3.8) is 0 Å². The molecule has 2 rings (SSSR count). The van der Waals surface area contributed by atoms with Gasteiger partial charge < -0.3 is 14.9 Å². The van der Waals surface area contributed by atoms with E-state index in [0.29, 0.717) is 10.2 Å². The van der Waals surface area contributed by atoms with Gasteiger partial charge >= 0.3 is 0 Å². The zero-order valence-electron chi connectivity index (χ0n) is 10.6. The fraction of sp³-hybridized carbons (Fsp3) is 0.167. The molecular weight excluding hydrogens is 348 g/mol. The maximum atomic E-state index is 12.3. The maximum Gasteiger partial charge on any atom is 0.244 e. The number of anilines is 1. The lowest BCUT2D eigenvalue weighted by Crippen LogP contribution is -2.23. The van der Waals surface area contributed by atoms with Crippen LogP contribution in [-0.4, -0.2) is 15.5 Å². The Morgan fingerprint density at radius 1 is 1.45 bits per heavy atom. The van der Waals surface area contributed by atoms with E-state index >= 15 is 0 Å². The zero-order valence-corrected chi connectivity index (χ0v) is 13.0. The molecule has 0 saturated heterocycles. The van der Waals surface area contributed by atoms with Gasteiger partial charge in [-0.15, -0.1) is 0 Å². The lowest BCUT2D eigenvalue weighted by atomic mass is 10.3. The average Bonchev–Trinajstić information content (AvgIpc) is 2.92. The highest BCUT2D eigenvalue weighted by atomic mass is 79.9. The summed E-state index contributed by atoms with van der Waals surface area (Å²) >= 11 is 3.23. The summed E-state index contributed by atoms with van der Waals surface area (Å²) in [6.07, 6.45) is 2.94. The van der Waals surface area contributed by atoms with E-state index in [2.05, 4.69) is 20.7 Å². The molecule has 1 aromatic carbocycles. The number of methoxy groups -OCH3 is 1. The van der Waals surface area contributed by atoms with Crippen LogP contribution in [0.5, 0.6) is 5.75 Å². The fourth-order valence-electron chi connectivity index (χ4n) is 1.57. The van der Waals surface area contributed by atoms with Gasteiger partial charge in [0, 0.05) is 22.3 Å². The van der Waals surface area contributed by atoms with Crippen LogP contribution in [0.4, 0.5) is 5.69 Å². The summed E-state index contributed by atoms with van der Waals surface area (Å²) in [6, 6.07) is 4.54. The Morgan fingerprint density at radius 2 is 2.20 bits per heavy atom. The molecule has 0 saturated carbocycles. The molecular formula is C12H13BrN2O4S. The van der Waals surface area contributed by atoms with Crippen LogP contribution in [0.1, 0.15) is 5.56 Å². The summed E-state index contributed by atoms with van der Waals surface area (Å²) in [4.78, 5) is -0.0100. The van der Waals surface area contributed by atoms with Crippen molar-refractivity contribution < 1.29 is 17.6 Å². The van der Waals surface area contributed by atoms with Gasteiger partial charge in [0.1, 0.15) is 10.6 Å². The largest absolute Gasteiger partial charge is 0.495 e. The van der Waals surface area contributed by atoms with Gasteiger partial charge in [0.15, 0.2) is 0 Å². The Hall–Kier alpha value is -1.51. The highest BCUT2D eigenvalue weighted by Crippen LogP contribution is 2.32. The number of furan rings is 1. The summed E-state index contributed by atoms with van der Waals surface area (Å²) in [5.74, 6) is 0.214. The number of nitrogens with two attached hydrogens (primary N) is 1. The second-order valence-electron chi connectivity index (χ2n) is 3.98. The molecule has 0 atom stereocenters. The predicted molar refractivity (Wildman–Crippen MR) is 77.8 cm³/mol. The Morgan fingerprint density at radius 3 is 2.80 bits per heavy atom. The summed E-state index contributed by atoms with van der Waals surface area (Å²) < 4.78 is 37.5. The first kappa shape index (κ1) is 14.9. The molecule has 0 aliphatic heterocycles. The van der Waals surface area contributed by atoms with Crippen LogP contribution in [0.15, 0.2) is 44.5 Å². The van der Waals surface area contributed by atoms with Crippen LogP contribution in [0.2, 0.25) is 0 Å². The normalized spacial score (nSPS) is 11.5. The molecule has 8 heteroatoms. The van der Waals surface area contributed by atoms with Crippen molar-refractivity contribution in [3.05, 3.63) is 40.8 Å². The van der Waals surface area contributed by atoms with Crippen LogP contribution in [-0.2, 0) is 16.6 Å². The first-order valence-electron chi connectivity index (χ1n) is 5.58. The van der Waals surface area contributed by atoms with Crippen molar-refractivity contribution in [1.82, 2.24) is 4.72 Å². The van der Waals surface area contributed by atoms with Crippen LogP contribution < -0.4 is 15.2 Å². The Balaban J connectivity index is 2.31. The van der Waals surface area contributed by atoms with Gasteiger partial charge in [-0.1, -0.05) is 0 Å². The van der Waals surface area contributed by atoms with E-state index in [9.17, 15) is 8.42 Å². The van der Waals surface area contributed by atoms with Crippen LogP contribution in [0.25, 0.3) is 0 Å². The first-order valence-corrected chi connectivity index (χ1v) is 7.85. The van der Waals surface area contributed by atoms with Crippen molar-refractivity contribution >= 4 is 31.6 Å². The Bertz CT molecular complexity index is 698. The number of rotatable bonds is 5. The molecule has 20 heavy (non-hydrogen) atoms. The minimum Gasteiger partial charge on any atom is -0.495 e. The first-order chi connectivity index (χ1) is 9.44. The molecule has 0 radical (unpaired) electrons. The van der Waals surface area contributed by atoms with Crippen molar-refractivity contribution in [2.45, 2.75) is 11.4 Å². The third kappa shape index (κ3) is 3.14. The fourth-order valence-corrected chi connectivity index (χ4v) is 3.09. The number of sulfonamides is 1. The molecule has 108 valence electrons. The van der Waals surface area contributed by atoms with Crippen LogP contribution >= 0.6 is 15.9 Å². The molecule has 0 aliphatic rings. The minimum atomic E-state index is -3.74. The molecule has 1 heterocycles. The Kier molecular flexibility index (Phi) is 4.36. The number of halogens is 1. The molecule has 2 aromatic rings. The minimum absolute atomic E-state index is 0.0100. The van der Waals surface area contributed by atoms with Gasteiger partial charge in [-0.25, -0.2) is 13.1 Å². The highest BCUT2D eigenvalue weighted by Gasteiger charge is 2.21. The molecule has 6 nitrogen and oxygen atoms in total. The van der Waals surface area contributed by atoms with E-state index in [1.807, 2.05) is 0 Å². The molecule has 0 aliphatic carbocycles. The monoisotopic (exact) mass is 360 g/mol. The Labute approximate surface area is 125 Å². The summed E-state index contributed by atoms with van der Waals surface area (Å²) in [5, 5.41) is 0. The van der Waals surface area contributed by atoms with Gasteiger partial charge in [-0.2, -0.15) is 0 Å². The van der Waals surface area contributed by atoms with Crippen LogP contribution in [0.3, 0.4) is 0 Å². The van der Waals surface area contributed by atoms with Crippen molar-refractivity contribution in [3.8, 4) is 5.75 Å². The van der Waals surface area contributed by atoms with E-state index in [1.165, 1.54) is 31.8 Å². The standard InChI is InChI=1S/C12H13BrN2O4S/c1-18-11-4-9(13)10(14)5-12(11)20(16,17)15-6-8-2-3-19-7-8/h2-5,7,15H,6,14H2,1H3. The second kappa shape index (κ2) is 5.86. The van der Waals surface area contributed by atoms with E-state index in [-0.39, 0.29) is 17.2 Å². The zero-order chi connectivity index (χ0) is 14.8. The summed E-state index contributed by atoms with van der Waals surface area (Å²) in [5.41, 5.74) is 6.76. The summed E-state index contributed by atoms with van der Waals surface area (Å²) in [7, 11) is -2.34. The molecule has 3 N–H and O–H groups in total. The maximum absolute atomic E-state index is 12.3. The van der Waals surface area contributed by atoms with E-state index in [0.717, 1.165) is 5.56 Å². The number of hydrogen-bond donors (Lipinski definition) is 2. The van der Waals surface area contributed by atoms with E-state index < -0.39 is 10.0 Å². The predicted octanol–water partition coefficient (Wildman–Crippen LogP) is 2.11. The molecule has 0 amide bonds. The SMILES string of the molecule is COc1cc(Br)c(N)cc1S(=O)(=O)NCc1ccoc1. The van der Waals surface area contributed by atoms with Gasteiger partial charge in [0.05, 0.1) is 19.6 Å². The molecule has 1 aromatic heterocycles. The topological polar surface area (TPSA) is 94.6 Å². The smallest absolute Gasteiger partial charge is 0.244 e.